The van der Waals surface area contributed by atoms with Gasteiger partial charge in [-0.15, -0.1) is 0 Å². The number of hydrogen-bond acceptors (Lipinski definition) is 7. The van der Waals surface area contributed by atoms with Crippen LogP contribution < -0.4 is 4.74 Å². The van der Waals surface area contributed by atoms with Gasteiger partial charge in [0.2, 0.25) is 5.78 Å². The maximum Gasteiger partial charge on any atom is 0.290 e. The Balaban J connectivity index is 1.80. The van der Waals surface area contributed by atoms with Crippen LogP contribution in [-0.4, -0.2) is 65.9 Å². The first kappa shape index (κ1) is 21.9. The number of rotatable bonds is 7. The molecule has 0 saturated heterocycles. The number of fused-ring (bicyclic) bond motifs is 1. The molecule has 0 spiro atoms. The Kier molecular flexibility index (Phi) is 5.90. The Labute approximate surface area is 189 Å². The van der Waals surface area contributed by atoms with Crippen molar-refractivity contribution >= 4 is 34.3 Å². The Morgan fingerprint density at radius 1 is 1.31 bits per heavy atom. The summed E-state index contributed by atoms with van der Waals surface area (Å²) >= 11 is 6.12. The highest BCUT2D eigenvalue weighted by atomic mass is 35.5. The SMILES string of the molecule is COc1cc(Cl)cc2cc(C(=O)C3=C(O)C(=O)N(CCN(C)C)C3c3ccccn3)oc12. The van der Waals surface area contributed by atoms with Crippen molar-refractivity contribution < 1.29 is 23.8 Å². The fraction of sp³-hybridized carbons (Fsp3) is 0.261. The molecular formula is C23H22ClN3O5. The van der Waals surface area contributed by atoms with Crippen LogP contribution in [0.15, 0.2) is 58.3 Å². The van der Waals surface area contributed by atoms with E-state index in [9.17, 15) is 14.7 Å². The van der Waals surface area contributed by atoms with E-state index in [0.717, 1.165) is 0 Å². The van der Waals surface area contributed by atoms with E-state index >= 15 is 0 Å². The van der Waals surface area contributed by atoms with Crippen molar-refractivity contribution in [2.75, 3.05) is 34.3 Å². The average molecular weight is 456 g/mol. The maximum atomic E-state index is 13.5. The number of halogens is 1. The molecule has 1 aliphatic rings. The summed E-state index contributed by atoms with van der Waals surface area (Å²) in [7, 11) is 5.23. The number of ether oxygens (including phenoxy) is 1. The van der Waals surface area contributed by atoms with Crippen molar-refractivity contribution in [1.29, 1.82) is 0 Å². The number of likely N-dealkylation sites (N-methyl/N-ethyl adjacent to an activating group) is 1. The molecule has 0 fully saturated rings. The van der Waals surface area contributed by atoms with Gasteiger partial charge >= 0.3 is 0 Å². The van der Waals surface area contributed by atoms with Crippen LogP contribution in [0.5, 0.6) is 5.75 Å². The number of aromatic nitrogens is 1. The van der Waals surface area contributed by atoms with Crippen molar-refractivity contribution in [3.05, 3.63) is 70.4 Å². The largest absolute Gasteiger partial charge is 0.503 e. The summed E-state index contributed by atoms with van der Waals surface area (Å²) < 4.78 is 11.1. The first-order valence-corrected chi connectivity index (χ1v) is 10.3. The van der Waals surface area contributed by atoms with Gasteiger partial charge in [-0.3, -0.25) is 14.6 Å². The van der Waals surface area contributed by atoms with E-state index in [2.05, 4.69) is 4.98 Å². The number of Topliss-reactive ketones (excluding diaryl/α,β-unsaturated/α-hetero) is 1. The fourth-order valence-electron chi connectivity index (χ4n) is 3.75. The second kappa shape index (κ2) is 8.64. The van der Waals surface area contributed by atoms with Gasteiger partial charge in [-0.05, 0) is 38.4 Å². The summed E-state index contributed by atoms with van der Waals surface area (Å²) in [6.07, 6.45) is 1.58. The Morgan fingerprint density at radius 3 is 2.75 bits per heavy atom. The van der Waals surface area contributed by atoms with E-state index in [1.807, 2.05) is 19.0 Å². The lowest BCUT2D eigenvalue weighted by Crippen LogP contribution is -2.36. The number of aliphatic hydroxyl groups is 1. The third-order valence-electron chi connectivity index (χ3n) is 5.30. The van der Waals surface area contributed by atoms with Gasteiger partial charge in [0.05, 0.1) is 18.4 Å². The van der Waals surface area contributed by atoms with E-state index in [1.54, 1.807) is 36.5 Å². The van der Waals surface area contributed by atoms with Gasteiger partial charge in [-0.2, -0.15) is 0 Å². The quantitative estimate of drug-likeness (QED) is 0.543. The number of ketones is 1. The predicted octanol–water partition coefficient (Wildman–Crippen LogP) is 3.63. The topological polar surface area (TPSA) is 96.1 Å². The van der Waals surface area contributed by atoms with Gasteiger partial charge in [-0.25, -0.2) is 0 Å². The zero-order valence-electron chi connectivity index (χ0n) is 17.8. The number of methoxy groups -OCH3 is 1. The van der Waals surface area contributed by atoms with Gasteiger partial charge in [0.25, 0.3) is 5.91 Å². The molecule has 1 aromatic carbocycles. The highest BCUT2D eigenvalue weighted by molar-refractivity contribution is 6.31. The van der Waals surface area contributed by atoms with Crippen molar-refractivity contribution in [3.8, 4) is 5.75 Å². The molecule has 0 saturated carbocycles. The molecule has 4 rings (SSSR count). The number of carbonyl (C=O) groups is 2. The first-order chi connectivity index (χ1) is 15.3. The summed E-state index contributed by atoms with van der Waals surface area (Å²) in [4.78, 5) is 34.1. The Bertz CT molecular complexity index is 1220. The Hall–Kier alpha value is -3.36. The molecule has 8 nitrogen and oxygen atoms in total. The van der Waals surface area contributed by atoms with Gasteiger partial charge in [0, 0.05) is 35.8 Å². The third kappa shape index (κ3) is 3.83. The zero-order chi connectivity index (χ0) is 23.0. The van der Waals surface area contributed by atoms with Crippen molar-refractivity contribution in [3.63, 3.8) is 0 Å². The molecule has 1 amide bonds. The van der Waals surface area contributed by atoms with Crippen LogP contribution in [0.2, 0.25) is 5.02 Å². The second-order valence-corrected chi connectivity index (χ2v) is 8.12. The number of aliphatic hydroxyl groups excluding tert-OH is 1. The van der Waals surface area contributed by atoms with Gasteiger partial charge in [0.15, 0.2) is 22.9 Å². The average Bonchev–Trinajstić information content (AvgIpc) is 3.31. The molecule has 0 aliphatic carbocycles. The molecule has 1 aliphatic heterocycles. The van der Waals surface area contributed by atoms with E-state index in [1.165, 1.54) is 18.1 Å². The van der Waals surface area contributed by atoms with E-state index in [4.69, 9.17) is 20.8 Å². The molecule has 2 aromatic heterocycles. The minimum absolute atomic E-state index is 0.0368. The molecule has 3 aromatic rings. The molecule has 0 radical (unpaired) electrons. The standard InChI is InChI=1S/C23H22ClN3O5/c1-26(2)8-9-27-19(15-6-4-5-7-25-15)18(21(29)23(27)30)20(28)16-11-13-10-14(24)12-17(31-3)22(13)32-16/h4-7,10-12,19,29H,8-9H2,1-3H3. The van der Waals surface area contributed by atoms with Crippen LogP contribution in [0.4, 0.5) is 0 Å². The van der Waals surface area contributed by atoms with Crippen LogP contribution in [0, 0.1) is 0 Å². The molecule has 3 heterocycles. The van der Waals surface area contributed by atoms with Crippen LogP contribution in [0.25, 0.3) is 11.0 Å². The highest BCUT2D eigenvalue weighted by Crippen LogP contribution is 2.40. The van der Waals surface area contributed by atoms with E-state index < -0.39 is 23.5 Å². The second-order valence-electron chi connectivity index (χ2n) is 7.69. The van der Waals surface area contributed by atoms with Crippen LogP contribution >= 0.6 is 11.6 Å². The van der Waals surface area contributed by atoms with Gasteiger partial charge in [0.1, 0.15) is 6.04 Å². The first-order valence-electron chi connectivity index (χ1n) is 9.93. The van der Waals surface area contributed by atoms with Crippen molar-refractivity contribution in [2.24, 2.45) is 0 Å². The van der Waals surface area contributed by atoms with Gasteiger partial charge in [-0.1, -0.05) is 17.7 Å². The summed E-state index contributed by atoms with van der Waals surface area (Å²) in [6.45, 7) is 0.849. The van der Waals surface area contributed by atoms with Gasteiger partial charge < -0.3 is 24.1 Å². The summed E-state index contributed by atoms with van der Waals surface area (Å²) in [6, 6.07) is 9.13. The number of hydrogen-bond donors (Lipinski definition) is 1. The monoisotopic (exact) mass is 455 g/mol. The number of nitrogens with zero attached hydrogens (tertiary/aromatic N) is 3. The normalized spacial score (nSPS) is 16.5. The van der Waals surface area contributed by atoms with Crippen molar-refractivity contribution in [1.82, 2.24) is 14.8 Å². The van der Waals surface area contributed by atoms with E-state index in [0.29, 0.717) is 40.5 Å². The fourth-order valence-corrected chi connectivity index (χ4v) is 3.97. The molecule has 166 valence electrons. The number of pyridine rings is 1. The van der Waals surface area contributed by atoms with Crippen molar-refractivity contribution in [2.45, 2.75) is 6.04 Å². The lowest BCUT2D eigenvalue weighted by Gasteiger charge is -2.27. The molecule has 9 heteroatoms. The molecule has 32 heavy (non-hydrogen) atoms. The number of benzene rings is 1. The minimum atomic E-state index is -0.838. The number of furan rings is 1. The van der Waals surface area contributed by atoms with Crippen LogP contribution in [-0.2, 0) is 4.79 Å². The summed E-state index contributed by atoms with van der Waals surface area (Å²) in [5.74, 6) is -1.49. The molecule has 0 bridgehead atoms. The molecular weight excluding hydrogens is 434 g/mol. The minimum Gasteiger partial charge on any atom is -0.503 e. The summed E-state index contributed by atoms with van der Waals surface area (Å²) in [5, 5.41) is 11.7. The lowest BCUT2D eigenvalue weighted by molar-refractivity contribution is -0.129. The lowest BCUT2D eigenvalue weighted by atomic mass is 9.98. The van der Waals surface area contributed by atoms with Crippen LogP contribution in [0.3, 0.4) is 0 Å². The molecule has 1 atom stereocenters. The highest BCUT2D eigenvalue weighted by Gasteiger charge is 2.45. The Morgan fingerprint density at radius 2 is 2.09 bits per heavy atom. The number of amides is 1. The number of carbonyl (C=O) groups excluding carboxylic acids is 2. The molecule has 1 N–H and O–H groups in total. The predicted molar refractivity (Wildman–Crippen MR) is 119 cm³/mol. The smallest absolute Gasteiger partial charge is 0.290 e. The summed E-state index contributed by atoms with van der Waals surface area (Å²) in [5.41, 5.74) is 0.754. The zero-order valence-corrected chi connectivity index (χ0v) is 18.6. The third-order valence-corrected chi connectivity index (χ3v) is 5.51. The molecule has 1 unspecified atom stereocenters. The van der Waals surface area contributed by atoms with Crippen LogP contribution in [0.1, 0.15) is 22.3 Å². The maximum absolute atomic E-state index is 13.5. The van der Waals surface area contributed by atoms with E-state index in [-0.39, 0.29) is 11.3 Å².